The number of benzene rings is 2. The number of hydrogen-bond donors (Lipinski definition) is 1. The topological polar surface area (TPSA) is 66.6 Å². The van der Waals surface area contributed by atoms with E-state index in [9.17, 15) is 9.18 Å². The Balaban J connectivity index is 1.37. The van der Waals surface area contributed by atoms with Gasteiger partial charge < -0.3 is 9.52 Å². The Bertz CT molecular complexity index is 967. The zero-order chi connectivity index (χ0) is 20.2. The Hall–Kier alpha value is -2.99. The Morgan fingerprint density at radius 3 is 2.59 bits per heavy atom. The summed E-state index contributed by atoms with van der Waals surface area (Å²) in [6.07, 6.45) is 4.46. The van der Waals surface area contributed by atoms with Crippen LogP contribution in [0.2, 0.25) is 0 Å². The average molecular weight is 394 g/mol. The lowest BCUT2D eigenvalue weighted by Gasteiger charge is -2.31. The van der Waals surface area contributed by atoms with E-state index in [4.69, 9.17) is 9.52 Å². The van der Waals surface area contributed by atoms with E-state index in [-0.39, 0.29) is 11.7 Å². The van der Waals surface area contributed by atoms with Gasteiger partial charge in [0.05, 0.1) is 11.8 Å². The van der Waals surface area contributed by atoms with Gasteiger partial charge >= 0.3 is 5.97 Å². The molecule has 1 aromatic heterocycles. The molecule has 0 spiro atoms. The van der Waals surface area contributed by atoms with Crippen molar-refractivity contribution in [3.8, 4) is 0 Å². The number of rotatable bonds is 6. The predicted octanol–water partition coefficient (Wildman–Crippen LogP) is 4.48. The standard InChI is InChI=1S/C23H23FN2O3/c24-20-9-5-16(6-10-20)12-21-13-25-22(29-21)19-2-1-11-26(15-19)14-17-3-7-18(8-4-17)23(27)28/h3-10,13,19H,1-2,11-12,14-15H2,(H,27,28)/t19-/m1/s1. The second kappa shape index (κ2) is 8.57. The van der Waals surface area contributed by atoms with Crippen molar-refractivity contribution in [1.82, 2.24) is 9.88 Å². The number of carboxylic acid groups (broad SMARTS) is 1. The van der Waals surface area contributed by atoms with Crippen LogP contribution >= 0.6 is 0 Å². The minimum Gasteiger partial charge on any atom is -0.478 e. The molecule has 0 saturated carbocycles. The van der Waals surface area contributed by atoms with Crippen molar-refractivity contribution in [2.45, 2.75) is 31.7 Å². The first kappa shape index (κ1) is 19.3. The third-order valence-electron chi connectivity index (χ3n) is 5.32. The molecule has 1 saturated heterocycles. The third kappa shape index (κ3) is 4.90. The molecular formula is C23H23FN2O3. The minimum absolute atomic E-state index is 0.240. The fraction of sp³-hybridized carbons (Fsp3) is 0.304. The minimum atomic E-state index is -0.907. The highest BCUT2D eigenvalue weighted by Gasteiger charge is 2.25. The molecule has 1 aliphatic rings. The molecule has 2 aromatic carbocycles. The van der Waals surface area contributed by atoms with Crippen LogP contribution in [0.25, 0.3) is 0 Å². The fourth-order valence-corrected chi connectivity index (χ4v) is 3.81. The number of aromatic nitrogens is 1. The average Bonchev–Trinajstić information content (AvgIpc) is 3.19. The summed E-state index contributed by atoms with van der Waals surface area (Å²) in [6.45, 7) is 2.64. The Morgan fingerprint density at radius 2 is 1.86 bits per heavy atom. The highest BCUT2D eigenvalue weighted by atomic mass is 19.1. The molecule has 1 N–H and O–H groups in total. The molecule has 0 unspecified atom stereocenters. The Morgan fingerprint density at radius 1 is 1.14 bits per heavy atom. The third-order valence-corrected chi connectivity index (χ3v) is 5.32. The Labute approximate surface area is 168 Å². The fourth-order valence-electron chi connectivity index (χ4n) is 3.81. The largest absolute Gasteiger partial charge is 0.478 e. The molecule has 2 heterocycles. The van der Waals surface area contributed by atoms with Crippen LogP contribution in [0, 0.1) is 5.82 Å². The van der Waals surface area contributed by atoms with E-state index in [1.54, 1.807) is 30.5 Å². The summed E-state index contributed by atoms with van der Waals surface area (Å²) in [7, 11) is 0. The summed E-state index contributed by atoms with van der Waals surface area (Å²) in [6, 6.07) is 13.5. The molecule has 0 bridgehead atoms. The van der Waals surface area contributed by atoms with Gasteiger partial charge in [-0.25, -0.2) is 14.2 Å². The summed E-state index contributed by atoms with van der Waals surface area (Å²) >= 11 is 0. The maximum atomic E-state index is 13.1. The zero-order valence-corrected chi connectivity index (χ0v) is 16.1. The SMILES string of the molecule is O=C(O)c1ccc(CN2CCC[C@@H](c3ncc(Cc4ccc(F)cc4)o3)C2)cc1. The monoisotopic (exact) mass is 394 g/mol. The number of halogens is 1. The molecule has 29 heavy (non-hydrogen) atoms. The quantitative estimate of drug-likeness (QED) is 0.668. The van der Waals surface area contributed by atoms with Crippen LogP contribution < -0.4 is 0 Å². The first-order valence-corrected chi connectivity index (χ1v) is 9.80. The zero-order valence-electron chi connectivity index (χ0n) is 16.1. The number of nitrogens with zero attached hydrogens (tertiary/aromatic N) is 2. The number of carboxylic acids is 1. The van der Waals surface area contributed by atoms with Crippen LogP contribution in [-0.4, -0.2) is 34.0 Å². The van der Waals surface area contributed by atoms with E-state index in [0.717, 1.165) is 55.3 Å². The van der Waals surface area contributed by atoms with E-state index < -0.39 is 5.97 Å². The van der Waals surface area contributed by atoms with Crippen molar-refractivity contribution in [2.75, 3.05) is 13.1 Å². The second-order valence-corrected chi connectivity index (χ2v) is 7.54. The molecule has 0 amide bonds. The summed E-state index contributed by atoms with van der Waals surface area (Å²) in [5, 5.41) is 9.02. The van der Waals surface area contributed by atoms with Crippen molar-refractivity contribution >= 4 is 5.97 Å². The molecular weight excluding hydrogens is 371 g/mol. The van der Waals surface area contributed by atoms with Gasteiger partial charge in [0.1, 0.15) is 11.6 Å². The van der Waals surface area contributed by atoms with Crippen molar-refractivity contribution in [2.24, 2.45) is 0 Å². The normalized spacial score (nSPS) is 17.3. The van der Waals surface area contributed by atoms with Gasteiger partial charge in [-0.3, -0.25) is 4.90 Å². The summed E-state index contributed by atoms with van der Waals surface area (Å²) in [5.74, 6) is 0.631. The molecule has 0 radical (unpaired) electrons. The van der Waals surface area contributed by atoms with Crippen LogP contribution in [-0.2, 0) is 13.0 Å². The summed E-state index contributed by atoms with van der Waals surface area (Å²) in [5.41, 5.74) is 2.39. The first-order valence-electron chi connectivity index (χ1n) is 9.80. The molecule has 0 aliphatic carbocycles. The number of likely N-dealkylation sites (tertiary alicyclic amines) is 1. The van der Waals surface area contributed by atoms with Gasteiger partial charge in [0.2, 0.25) is 0 Å². The van der Waals surface area contributed by atoms with E-state index in [1.165, 1.54) is 12.1 Å². The second-order valence-electron chi connectivity index (χ2n) is 7.54. The highest BCUT2D eigenvalue weighted by molar-refractivity contribution is 5.87. The maximum Gasteiger partial charge on any atom is 0.335 e. The molecule has 1 atom stereocenters. The number of aromatic carboxylic acids is 1. The first-order chi connectivity index (χ1) is 14.1. The molecule has 4 rings (SSSR count). The van der Waals surface area contributed by atoms with Crippen molar-refractivity contribution in [3.63, 3.8) is 0 Å². The van der Waals surface area contributed by atoms with Gasteiger partial charge in [-0.2, -0.15) is 0 Å². The summed E-state index contributed by atoms with van der Waals surface area (Å²) < 4.78 is 19.1. The highest BCUT2D eigenvalue weighted by Crippen LogP contribution is 2.28. The van der Waals surface area contributed by atoms with Gasteiger partial charge in [-0.05, 0) is 54.8 Å². The molecule has 3 aromatic rings. The van der Waals surface area contributed by atoms with Crippen LogP contribution in [0.4, 0.5) is 4.39 Å². The maximum absolute atomic E-state index is 13.1. The van der Waals surface area contributed by atoms with Crippen molar-refractivity contribution in [1.29, 1.82) is 0 Å². The van der Waals surface area contributed by atoms with Gasteiger partial charge in [0.15, 0.2) is 5.89 Å². The predicted molar refractivity (Wildman–Crippen MR) is 106 cm³/mol. The van der Waals surface area contributed by atoms with Crippen LogP contribution in [0.5, 0.6) is 0 Å². The number of hydrogen-bond acceptors (Lipinski definition) is 4. The van der Waals surface area contributed by atoms with E-state index in [0.29, 0.717) is 12.0 Å². The van der Waals surface area contributed by atoms with Gasteiger partial charge in [-0.1, -0.05) is 24.3 Å². The van der Waals surface area contributed by atoms with E-state index >= 15 is 0 Å². The van der Waals surface area contributed by atoms with Gasteiger partial charge in [0.25, 0.3) is 0 Å². The molecule has 5 nitrogen and oxygen atoms in total. The van der Waals surface area contributed by atoms with Crippen LogP contribution in [0.15, 0.2) is 59.1 Å². The number of oxazole rings is 1. The van der Waals surface area contributed by atoms with Crippen molar-refractivity contribution < 1.29 is 18.7 Å². The van der Waals surface area contributed by atoms with Crippen LogP contribution in [0.3, 0.4) is 0 Å². The lowest BCUT2D eigenvalue weighted by atomic mass is 9.97. The summed E-state index contributed by atoms with van der Waals surface area (Å²) in [4.78, 5) is 17.8. The number of carbonyl (C=O) groups is 1. The van der Waals surface area contributed by atoms with E-state index in [1.807, 2.05) is 12.1 Å². The molecule has 1 fully saturated rings. The lowest BCUT2D eigenvalue weighted by Crippen LogP contribution is -2.34. The van der Waals surface area contributed by atoms with Crippen LogP contribution in [0.1, 0.15) is 51.9 Å². The smallest absolute Gasteiger partial charge is 0.335 e. The van der Waals surface area contributed by atoms with Crippen molar-refractivity contribution in [3.05, 3.63) is 88.9 Å². The lowest BCUT2D eigenvalue weighted by molar-refractivity contribution is 0.0697. The molecule has 150 valence electrons. The molecule has 1 aliphatic heterocycles. The number of piperidine rings is 1. The van der Waals surface area contributed by atoms with Gasteiger partial charge in [0, 0.05) is 25.4 Å². The molecule has 6 heteroatoms. The Kier molecular flexibility index (Phi) is 5.71. The van der Waals surface area contributed by atoms with E-state index in [2.05, 4.69) is 9.88 Å². The van der Waals surface area contributed by atoms with Gasteiger partial charge in [-0.15, -0.1) is 0 Å².